The van der Waals surface area contributed by atoms with Crippen LogP contribution >= 0.6 is 24.0 Å². The zero-order chi connectivity index (χ0) is 7.68. The number of alkyl halides is 1. The average molecular weight is 207 g/mol. The number of halogens is 2. The van der Waals surface area contributed by atoms with E-state index in [-0.39, 0.29) is 12.4 Å². The summed E-state index contributed by atoms with van der Waals surface area (Å²) in [6.07, 6.45) is 4.85. The van der Waals surface area contributed by atoms with Gasteiger partial charge in [0.15, 0.2) is 0 Å². The summed E-state index contributed by atoms with van der Waals surface area (Å²) in [5.74, 6) is 1.44. The Balaban J connectivity index is 0.000000720. The molecule has 0 radical (unpaired) electrons. The molecule has 1 aromatic heterocycles. The highest BCUT2D eigenvalue weighted by Gasteiger charge is 2.13. The fraction of sp³-hybridized carbons (Fsp3) is 0.625. The second kappa shape index (κ2) is 4.15. The van der Waals surface area contributed by atoms with Gasteiger partial charge < -0.3 is 4.98 Å². The number of hydrogen-bond donors (Lipinski definition) is 1. The molecule has 1 aliphatic carbocycles. The van der Waals surface area contributed by atoms with Crippen LogP contribution in [0.2, 0.25) is 0 Å². The molecule has 1 aliphatic rings. The van der Waals surface area contributed by atoms with Crippen molar-refractivity contribution in [1.29, 1.82) is 0 Å². The van der Waals surface area contributed by atoms with E-state index in [1.807, 2.05) is 0 Å². The standard InChI is InChI=1S/C8H11ClN2.ClH/c9-5-8-10-6-3-1-2-4-7(6)11-8;/h1-5H2,(H,10,11);1H. The summed E-state index contributed by atoms with van der Waals surface area (Å²) in [6, 6.07) is 0. The summed E-state index contributed by atoms with van der Waals surface area (Å²) in [7, 11) is 0. The van der Waals surface area contributed by atoms with E-state index < -0.39 is 0 Å². The van der Waals surface area contributed by atoms with Crippen LogP contribution in [-0.4, -0.2) is 9.97 Å². The lowest BCUT2D eigenvalue weighted by Gasteiger charge is -2.07. The molecule has 1 heterocycles. The number of aryl methyl sites for hydroxylation is 2. The van der Waals surface area contributed by atoms with Crippen LogP contribution in [0.4, 0.5) is 0 Å². The summed E-state index contributed by atoms with van der Waals surface area (Å²) in [6.45, 7) is 0. The molecular formula is C8H12Cl2N2. The predicted octanol–water partition coefficient (Wildman–Crippen LogP) is 2.45. The van der Waals surface area contributed by atoms with Crippen molar-refractivity contribution in [1.82, 2.24) is 9.97 Å². The van der Waals surface area contributed by atoms with Crippen molar-refractivity contribution < 1.29 is 0 Å². The van der Waals surface area contributed by atoms with Gasteiger partial charge in [0, 0.05) is 5.69 Å². The Hall–Kier alpha value is -0.210. The first kappa shape index (κ1) is 9.87. The predicted molar refractivity (Wildman–Crippen MR) is 52.0 cm³/mol. The van der Waals surface area contributed by atoms with E-state index in [2.05, 4.69) is 9.97 Å². The van der Waals surface area contributed by atoms with Crippen molar-refractivity contribution in [3.63, 3.8) is 0 Å². The average Bonchev–Trinajstić information content (AvgIpc) is 2.46. The first-order valence-electron chi connectivity index (χ1n) is 4.03. The molecule has 2 nitrogen and oxygen atoms in total. The Morgan fingerprint density at radius 1 is 1.33 bits per heavy atom. The minimum atomic E-state index is 0. The van der Waals surface area contributed by atoms with Crippen molar-refractivity contribution in [2.45, 2.75) is 31.6 Å². The maximum Gasteiger partial charge on any atom is 0.121 e. The van der Waals surface area contributed by atoms with Gasteiger partial charge in [-0.25, -0.2) is 4.98 Å². The fourth-order valence-corrected chi connectivity index (χ4v) is 1.70. The molecule has 0 amide bonds. The number of fused-ring (bicyclic) bond motifs is 1. The third kappa shape index (κ3) is 1.75. The van der Waals surface area contributed by atoms with Crippen LogP contribution in [0.3, 0.4) is 0 Å². The highest BCUT2D eigenvalue weighted by atomic mass is 35.5. The van der Waals surface area contributed by atoms with Gasteiger partial charge in [-0.3, -0.25) is 0 Å². The number of nitrogens with one attached hydrogen (secondary N) is 1. The van der Waals surface area contributed by atoms with Gasteiger partial charge in [-0.2, -0.15) is 0 Å². The van der Waals surface area contributed by atoms with E-state index in [1.165, 1.54) is 24.2 Å². The summed E-state index contributed by atoms with van der Waals surface area (Å²) < 4.78 is 0. The monoisotopic (exact) mass is 206 g/mol. The Morgan fingerprint density at radius 3 is 2.75 bits per heavy atom. The number of H-pyrrole nitrogens is 1. The molecule has 0 spiro atoms. The molecule has 0 aliphatic heterocycles. The first-order valence-corrected chi connectivity index (χ1v) is 4.56. The van der Waals surface area contributed by atoms with Crippen molar-refractivity contribution in [3.05, 3.63) is 17.2 Å². The Labute approximate surface area is 83.1 Å². The maximum atomic E-state index is 5.65. The summed E-state index contributed by atoms with van der Waals surface area (Å²) >= 11 is 5.65. The molecule has 1 N–H and O–H groups in total. The smallest absolute Gasteiger partial charge is 0.121 e. The normalized spacial score (nSPS) is 15.1. The fourth-order valence-electron chi connectivity index (χ4n) is 1.58. The number of imidazole rings is 1. The van der Waals surface area contributed by atoms with Crippen LogP contribution < -0.4 is 0 Å². The van der Waals surface area contributed by atoms with Gasteiger partial charge in [0.25, 0.3) is 0 Å². The van der Waals surface area contributed by atoms with Crippen molar-refractivity contribution in [2.24, 2.45) is 0 Å². The molecule has 68 valence electrons. The first-order chi connectivity index (χ1) is 5.40. The van der Waals surface area contributed by atoms with Gasteiger partial charge in [-0.15, -0.1) is 24.0 Å². The SMILES string of the molecule is Cl.ClCc1nc2c([nH]1)CCCC2. The molecule has 0 fully saturated rings. The number of nitrogens with zero attached hydrogens (tertiary/aromatic N) is 1. The molecule has 12 heavy (non-hydrogen) atoms. The second-order valence-electron chi connectivity index (χ2n) is 2.95. The van der Waals surface area contributed by atoms with Crippen LogP contribution in [0.5, 0.6) is 0 Å². The molecular weight excluding hydrogens is 195 g/mol. The maximum absolute atomic E-state index is 5.65. The quantitative estimate of drug-likeness (QED) is 0.704. The third-order valence-corrected chi connectivity index (χ3v) is 2.38. The van der Waals surface area contributed by atoms with E-state index in [0.717, 1.165) is 18.7 Å². The molecule has 1 aromatic rings. The minimum absolute atomic E-state index is 0. The molecule has 0 saturated carbocycles. The van der Waals surface area contributed by atoms with E-state index in [0.29, 0.717) is 5.88 Å². The molecule has 2 rings (SSSR count). The molecule has 0 atom stereocenters. The number of aromatic nitrogens is 2. The Kier molecular flexibility index (Phi) is 3.41. The van der Waals surface area contributed by atoms with Gasteiger partial charge in [-0.05, 0) is 25.7 Å². The van der Waals surface area contributed by atoms with Gasteiger partial charge in [0.1, 0.15) is 5.82 Å². The number of aromatic amines is 1. The summed E-state index contributed by atoms with van der Waals surface area (Å²) in [5, 5.41) is 0. The Morgan fingerprint density at radius 2 is 2.08 bits per heavy atom. The molecule has 0 saturated heterocycles. The summed E-state index contributed by atoms with van der Waals surface area (Å²) in [4.78, 5) is 7.62. The lowest BCUT2D eigenvalue weighted by atomic mass is 10.0. The Bertz CT molecular complexity index is 234. The highest BCUT2D eigenvalue weighted by molar-refractivity contribution is 6.16. The number of hydrogen-bond acceptors (Lipinski definition) is 1. The lowest BCUT2D eigenvalue weighted by Crippen LogP contribution is -2.00. The van der Waals surface area contributed by atoms with E-state index in [1.54, 1.807) is 0 Å². The van der Waals surface area contributed by atoms with Crippen LogP contribution in [0.1, 0.15) is 30.1 Å². The number of rotatable bonds is 1. The zero-order valence-corrected chi connectivity index (χ0v) is 8.34. The molecule has 0 unspecified atom stereocenters. The topological polar surface area (TPSA) is 28.7 Å². The van der Waals surface area contributed by atoms with Crippen molar-refractivity contribution in [2.75, 3.05) is 0 Å². The van der Waals surface area contributed by atoms with Crippen LogP contribution in [-0.2, 0) is 18.7 Å². The van der Waals surface area contributed by atoms with Crippen molar-refractivity contribution >= 4 is 24.0 Å². The summed E-state index contributed by atoms with van der Waals surface area (Å²) in [5.41, 5.74) is 2.55. The van der Waals surface area contributed by atoms with E-state index in [9.17, 15) is 0 Å². The van der Waals surface area contributed by atoms with Gasteiger partial charge in [0.2, 0.25) is 0 Å². The lowest BCUT2D eigenvalue weighted by molar-refractivity contribution is 0.667. The molecule has 4 heteroatoms. The second-order valence-corrected chi connectivity index (χ2v) is 3.22. The largest absolute Gasteiger partial charge is 0.345 e. The highest BCUT2D eigenvalue weighted by Crippen LogP contribution is 2.18. The van der Waals surface area contributed by atoms with Gasteiger partial charge >= 0.3 is 0 Å². The minimum Gasteiger partial charge on any atom is -0.345 e. The zero-order valence-electron chi connectivity index (χ0n) is 6.77. The van der Waals surface area contributed by atoms with E-state index >= 15 is 0 Å². The van der Waals surface area contributed by atoms with Crippen LogP contribution in [0.25, 0.3) is 0 Å². The van der Waals surface area contributed by atoms with Gasteiger partial charge in [-0.1, -0.05) is 0 Å². The van der Waals surface area contributed by atoms with E-state index in [4.69, 9.17) is 11.6 Å². The van der Waals surface area contributed by atoms with Crippen molar-refractivity contribution in [3.8, 4) is 0 Å². The van der Waals surface area contributed by atoms with Crippen LogP contribution in [0, 0.1) is 0 Å². The van der Waals surface area contributed by atoms with Gasteiger partial charge in [0.05, 0.1) is 11.6 Å². The molecule has 0 aromatic carbocycles. The van der Waals surface area contributed by atoms with Crippen LogP contribution in [0.15, 0.2) is 0 Å². The molecule has 0 bridgehead atoms. The third-order valence-electron chi connectivity index (χ3n) is 2.13.